The second-order valence-electron chi connectivity index (χ2n) is 5.85. The maximum atomic E-state index is 12.6. The van der Waals surface area contributed by atoms with Gasteiger partial charge in [0.2, 0.25) is 0 Å². The molecule has 2 rings (SSSR count). The normalized spacial score (nSPS) is 22.6. The molecule has 2 N–H and O–H groups in total. The van der Waals surface area contributed by atoms with Crippen LogP contribution in [-0.2, 0) is 11.8 Å². The summed E-state index contributed by atoms with van der Waals surface area (Å²) in [6.07, 6.45) is 0.0169. The van der Waals surface area contributed by atoms with Crippen LogP contribution in [0.4, 0.5) is 5.69 Å². The zero-order valence-corrected chi connectivity index (χ0v) is 12.2. The first-order chi connectivity index (χ1) is 8.71. The van der Waals surface area contributed by atoms with Crippen molar-refractivity contribution in [1.82, 2.24) is 14.7 Å². The first kappa shape index (κ1) is 13.9. The summed E-state index contributed by atoms with van der Waals surface area (Å²) < 4.78 is 7.36. The summed E-state index contributed by atoms with van der Waals surface area (Å²) in [5.74, 6) is -0.0798. The summed E-state index contributed by atoms with van der Waals surface area (Å²) >= 11 is 0. The molecule has 0 bridgehead atoms. The van der Waals surface area contributed by atoms with E-state index in [2.05, 4.69) is 5.10 Å². The number of anilines is 1. The molecule has 1 aromatic heterocycles. The number of ether oxygens (including phenoxy) is 1. The summed E-state index contributed by atoms with van der Waals surface area (Å²) in [7, 11) is 1.74. The highest BCUT2D eigenvalue weighted by Crippen LogP contribution is 2.24. The lowest BCUT2D eigenvalue weighted by atomic mass is 10.0. The zero-order chi connectivity index (χ0) is 14.4. The smallest absolute Gasteiger partial charge is 0.274 e. The Kier molecular flexibility index (Phi) is 3.30. The Balaban J connectivity index is 2.29. The molecular formula is C13H22N4O2. The van der Waals surface area contributed by atoms with E-state index >= 15 is 0 Å². The Morgan fingerprint density at radius 2 is 2.16 bits per heavy atom. The van der Waals surface area contributed by atoms with Gasteiger partial charge in [0, 0.05) is 20.1 Å². The average Bonchev–Trinajstić information content (AvgIpc) is 2.49. The van der Waals surface area contributed by atoms with Gasteiger partial charge in [-0.25, -0.2) is 0 Å². The molecule has 0 spiro atoms. The van der Waals surface area contributed by atoms with Gasteiger partial charge in [-0.1, -0.05) is 0 Å². The van der Waals surface area contributed by atoms with Gasteiger partial charge in [-0.3, -0.25) is 9.48 Å². The molecule has 1 aliphatic heterocycles. The first-order valence-electron chi connectivity index (χ1n) is 6.47. The second kappa shape index (κ2) is 4.52. The van der Waals surface area contributed by atoms with Crippen LogP contribution < -0.4 is 5.73 Å². The van der Waals surface area contributed by atoms with Gasteiger partial charge < -0.3 is 15.4 Å². The number of hydrogen-bond donors (Lipinski definition) is 1. The van der Waals surface area contributed by atoms with E-state index in [9.17, 15) is 4.79 Å². The molecule has 0 aromatic carbocycles. The number of morpholine rings is 1. The van der Waals surface area contributed by atoms with Gasteiger partial charge >= 0.3 is 0 Å². The standard InChI is InChI=1S/C13H22N4O2/c1-8-6-17(7-13(3,4)19-8)12(18)11-10(14)9(2)15-16(11)5/h8H,6-7,14H2,1-5H3. The number of nitrogen functional groups attached to an aromatic ring is 1. The number of hydrogen-bond acceptors (Lipinski definition) is 4. The number of aryl methyl sites for hydroxylation is 2. The summed E-state index contributed by atoms with van der Waals surface area (Å²) in [5.41, 5.74) is 7.22. The van der Waals surface area contributed by atoms with Crippen LogP contribution in [0.5, 0.6) is 0 Å². The van der Waals surface area contributed by atoms with E-state index < -0.39 is 0 Å². The van der Waals surface area contributed by atoms with Gasteiger partial charge in [0.05, 0.1) is 23.1 Å². The van der Waals surface area contributed by atoms with Crippen molar-refractivity contribution in [3.63, 3.8) is 0 Å². The third kappa shape index (κ3) is 2.58. The number of rotatable bonds is 1. The molecule has 0 radical (unpaired) electrons. The summed E-state index contributed by atoms with van der Waals surface area (Å²) in [4.78, 5) is 14.4. The van der Waals surface area contributed by atoms with Gasteiger partial charge in [-0.2, -0.15) is 5.10 Å². The summed E-state index contributed by atoms with van der Waals surface area (Å²) in [5, 5.41) is 4.19. The van der Waals surface area contributed by atoms with Crippen molar-refractivity contribution < 1.29 is 9.53 Å². The van der Waals surface area contributed by atoms with Crippen molar-refractivity contribution in [2.45, 2.75) is 39.4 Å². The fourth-order valence-corrected chi connectivity index (χ4v) is 2.69. The number of carbonyl (C=O) groups excluding carboxylic acids is 1. The van der Waals surface area contributed by atoms with E-state index in [-0.39, 0.29) is 17.6 Å². The molecule has 1 unspecified atom stereocenters. The van der Waals surface area contributed by atoms with E-state index in [1.165, 1.54) is 0 Å². The number of nitrogens with zero attached hydrogens (tertiary/aromatic N) is 3. The number of nitrogens with two attached hydrogens (primary N) is 1. The molecule has 1 aliphatic rings. The van der Waals surface area contributed by atoms with Crippen LogP contribution in [0, 0.1) is 6.92 Å². The lowest BCUT2D eigenvalue weighted by molar-refractivity contribution is -0.119. The molecule has 6 heteroatoms. The fourth-order valence-electron chi connectivity index (χ4n) is 2.69. The van der Waals surface area contributed by atoms with Crippen LogP contribution in [0.15, 0.2) is 0 Å². The van der Waals surface area contributed by atoms with Gasteiger partial charge in [-0.05, 0) is 27.7 Å². The van der Waals surface area contributed by atoms with Crippen LogP contribution in [-0.4, -0.2) is 45.4 Å². The van der Waals surface area contributed by atoms with Gasteiger partial charge in [0.1, 0.15) is 5.69 Å². The highest BCUT2D eigenvalue weighted by molar-refractivity contribution is 5.98. The lowest BCUT2D eigenvalue weighted by Crippen LogP contribution is -2.54. The Hall–Kier alpha value is -1.56. The highest BCUT2D eigenvalue weighted by Gasteiger charge is 2.35. The summed E-state index contributed by atoms with van der Waals surface area (Å²) in [6.45, 7) is 8.88. The number of aromatic nitrogens is 2. The first-order valence-corrected chi connectivity index (χ1v) is 6.47. The molecule has 19 heavy (non-hydrogen) atoms. The minimum absolute atomic E-state index is 0.0169. The highest BCUT2D eigenvalue weighted by atomic mass is 16.5. The largest absolute Gasteiger partial charge is 0.395 e. The fraction of sp³-hybridized carbons (Fsp3) is 0.692. The molecule has 1 atom stereocenters. The van der Waals surface area contributed by atoms with Crippen molar-refractivity contribution in [2.24, 2.45) is 7.05 Å². The molecule has 1 saturated heterocycles. The lowest BCUT2D eigenvalue weighted by Gasteiger charge is -2.41. The van der Waals surface area contributed by atoms with Gasteiger partial charge in [0.15, 0.2) is 0 Å². The maximum Gasteiger partial charge on any atom is 0.274 e. The molecule has 1 aromatic rings. The van der Waals surface area contributed by atoms with Crippen LogP contribution in [0.3, 0.4) is 0 Å². The Morgan fingerprint density at radius 3 is 2.63 bits per heavy atom. The van der Waals surface area contributed by atoms with Crippen LogP contribution in [0.25, 0.3) is 0 Å². The predicted molar refractivity (Wildman–Crippen MR) is 72.9 cm³/mol. The Bertz CT molecular complexity index is 507. The summed E-state index contributed by atoms with van der Waals surface area (Å²) in [6, 6.07) is 0. The number of amides is 1. The molecule has 1 amide bonds. The zero-order valence-electron chi connectivity index (χ0n) is 12.2. The Morgan fingerprint density at radius 1 is 1.53 bits per heavy atom. The average molecular weight is 266 g/mol. The molecule has 106 valence electrons. The molecule has 0 saturated carbocycles. The van der Waals surface area contributed by atoms with Crippen molar-refractivity contribution in [3.05, 3.63) is 11.4 Å². The SMILES string of the molecule is Cc1nn(C)c(C(=O)N2CC(C)OC(C)(C)C2)c1N. The van der Waals surface area contributed by atoms with E-state index in [0.717, 1.165) is 0 Å². The van der Waals surface area contributed by atoms with Crippen molar-refractivity contribution in [1.29, 1.82) is 0 Å². The van der Waals surface area contributed by atoms with E-state index in [1.807, 2.05) is 20.8 Å². The topological polar surface area (TPSA) is 73.4 Å². The minimum Gasteiger partial charge on any atom is -0.395 e. The van der Waals surface area contributed by atoms with E-state index in [4.69, 9.17) is 10.5 Å². The second-order valence-corrected chi connectivity index (χ2v) is 5.85. The Labute approximate surface area is 113 Å². The maximum absolute atomic E-state index is 12.6. The third-order valence-electron chi connectivity index (χ3n) is 3.33. The molecule has 6 nitrogen and oxygen atoms in total. The number of carbonyl (C=O) groups is 1. The van der Waals surface area contributed by atoms with Gasteiger partial charge in [0.25, 0.3) is 5.91 Å². The van der Waals surface area contributed by atoms with E-state index in [1.54, 1.807) is 23.6 Å². The van der Waals surface area contributed by atoms with Gasteiger partial charge in [-0.15, -0.1) is 0 Å². The third-order valence-corrected chi connectivity index (χ3v) is 3.33. The molecular weight excluding hydrogens is 244 g/mol. The van der Waals surface area contributed by atoms with Crippen molar-refractivity contribution in [2.75, 3.05) is 18.8 Å². The van der Waals surface area contributed by atoms with Crippen LogP contribution >= 0.6 is 0 Å². The molecule has 1 fully saturated rings. The monoisotopic (exact) mass is 266 g/mol. The molecule has 2 heterocycles. The quantitative estimate of drug-likeness (QED) is 0.821. The van der Waals surface area contributed by atoms with Crippen LogP contribution in [0.2, 0.25) is 0 Å². The predicted octanol–water partition coefficient (Wildman–Crippen LogP) is 0.950. The van der Waals surface area contributed by atoms with E-state index in [0.29, 0.717) is 30.2 Å². The molecule has 0 aliphatic carbocycles. The van der Waals surface area contributed by atoms with Crippen LogP contribution in [0.1, 0.15) is 37.0 Å². The van der Waals surface area contributed by atoms with Crippen molar-refractivity contribution in [3.8, 4) is 0 Å². The van der Waals surface area contributed by atoms with Crippen molar-refractivity contribution >= 4 is 11.6 Å². The minimum atomic E-state index is -0.338.